The van der Waals surface area contributed by atoms with Crippen LogP contribution in [0.5, 0.6) is 0 Å². The van der Waals surface area contributed by atoms with E-state index in [0.717, 1.165) is 18.0 Å². The fraction of sp³-hybridized carbons (Fsp3) is 0.500. The van der Waals surface area contributed by atoms with E-state index < -0.39 is 0 Å². The van der Waals surface area contributed by atoms with E-state index in [1.807, 2.05) is 4.57 Å². The van der Waals surface area contributed by atoms with Crippen LogP contribution in [0.4, 0.5) is 10.3 Å². The fourth-order valence-corrected chi connectivity index (χ4v) is 3.39. The van der Waals surface area contributed by atoms with E-state index in [1.54, 1.807) is 6.07 Å². The molecule has 1 aromatic carbocycles. The molecule has 1 heterocycles. The maximum atomic E-state index is 13.5. The summed E-state index contributed by atoms with van der Waals surface area (Å²) in [5.41, 5.74) is 7.53. The Hall–Kier alpha value is -1.10. The molecule has 19 heavy (non-hydrogen) atoms. The molecular weight excluding hydrogens is 309 g/mol. The van der Waals surface area contributed by atoms with Crippen LogP contribution >= 0.6 is 15.9 Å². The fourth-order valence-electron chi connectivity index (χ4n) is 3.06. The molecule has 1 aliphatic rings. The summed E-state index contributed by atoms with van der Waals surface area (Å²) >= 11 is 3.23. The van der Waals surface area contributed by atoms with Gasteiger partial charge in [0.1, 0.15) is 5.82 Å². The lowest BCUT2D eigenvalue weighted by Gasteiger charge is -2.17. The molecule has 0 saturated heterocycles. The molecule has 0 amide bonds. The zero-order valence-corrected chi connectivity index (χ0v) is 12.5. The normalized spacial score (nSPS) is 23.3. The minimum Gasteiger partial charge on any atom is -0.369 e. The number of aromatic nitrogens is 2. The smallest absolute Gasteiger partial charge is 0.201 e. The largest absolute Gasteiger partial charge is 0.369 e. The van der Waals surface area contributed by atoms with Crippen molar-refractivity contribution in [2.75, 3.05) is 5.73 Å². The zero-order valence-electron chi connectivity index (χ0n) is 10.9. The van der Waals surface area contributed by atoms with Gasteiger partial charge in [0.05, 0.1) is 15.5 Å². The maximum Gasteiger partial charge on any atom is 0.201 e. The van der Waals surface area contributed by atoms with Crippen molar-refractivity contribution in [1.29, 1.82) is 0 Å². The highest BCUT2D eigenvalue weighted by molar-refractivity contribution is 9.10. The molecule has 0 radical (unpaired) electrons. The van der Waals surface area contributed by atoms with Crippen LogP contribution in [0, 0.1) is 17.7 Å². The summed E-state index contributed by atoms with van der Waals surface area (Å²) in [6, 6.07) is 3.21. The summed E-state index contributed by atoms with van der Waals surface area (Å²) in [5, 5.41) is 0. The average molecular weight is 326 g/mol. The van der Waals surface area contributed by atoms with E-state index in [2.05, 4.69) is 27.8 Å². The molecule has 1 fully saturated rings. The van der Waals surface area contributed by atoms with Crippen molar-refractivity contribution in [3.8, 4) is 0 Å². The van der Waals surface area contributed by atoms with Gasteiger partial charge >= 0.3 is 0 Å². The number of nitrogen functional groups attached to an aromatic ring is 1. The minimum absolute atomic E-state index is 0.300. The van der Waals surface area contributed by atoms with E-state index in [4.69, 9.17) is 5.73 Å². The van der Waals surface area contributed by atoms with E-state index in [0.29, 0.717) is 21.9 Å². The Bertz CT molecular complexity index is 623. The average Bonchev–Trinajstić information content (AvgIpc) is 2.88. The van der Waals surface area contributed by atoms with Gasteiger partial charge in [-0.05, 0) is 40.3 Å². The van der Waals surface area contributed by atoms with Gasteiger partial charge in [-0.3, -0.25) is 0 Å². The van der Waals surface area contributed by atoms with Gasteiger partial charge in [-0.2, -0.15) is 0 Å². The lowest BCUT2D eigenvalue weighted by Crippen LogP contribution is -2.14. The van der Waals surface area contributed by atoms with Crippen molar-refractivity contribution in [3.05, 3.63) is 22.4 Å². The molecule has 3 rings (SSSR count). The van der Waals surface area contributed by atoms with Crippen LogP contribution in [0.2, 0.25) is 0 Å². The molecule has 2 N–H and O–H groups in total. The monoisotopic (exact) mass is 325 g/mol. The Kier molecular flexibility index (Phi) is 3.25. The SMILES string of the molecule is CC1CCCC1Cn1c(N)nc2cc(F)c(Br)cc21. The van der Waals surface area contributed by atoms with Gasteiger partial charge in [0, 0.05) is 12.6 Å². The molecule has 3 nitrogen and oxygen atoms in total. The first-order chi connectivity index (χ1) is 9.06. The Morgan fingerprint density at radius 2 is 2.26 bits per heavy atom. The summed E-state index contributed by atoms with van der Waals surface area (Å²) in [4.78, 5) is 4.26. The van der Waals surface area contributed by atoms with Crippen molar-refractivity contribution < 1.29 is 4.39 Å². The lowest BCUT2D eigenvalue weighted by atomic mass is 9.98. The molecule has 1 aromatic heterocycles. The molecule has 5 heteroatoms. The number of fused-ring (bicyclic) bond motifs is 1. The predicted octanol–water partition coefficient (Wildman–Crippen LogP) is 3.96. The van der Waals surface area contributed by atoms with Crippen molar-refractivity contribution in [2.24, 2.45) is 11.8 Å². The molecule has 2 unspecified atom stereocenters. The van der Waals surface area contributed by atoms with Crippen molar-refractivity contribution >= 4 is 32.9 Å². The van der Waals surface area contributed by atoms with Gasteiger partial charge in [-0.15, -0.1) is 0 Å². The molecule has 102 valence electrons. The molecule has 0 spiro atoms. The van der Waals surface area contributed by atoms with Gasteiger partial charge in [-0.1, -0.05) is 19.8 Å². The number of halogens is 2. The Morgan fingerprint density at radius 3 is 2.95 bits per heavy atom. The van der Waals surface area contributed by atoms with Gasteiger partial charge < -0.3 is 10.3 Å². The number of nitrogens with zero attached hydrogens (tertiary/aromatic N) is 2. The van der Waals surface area contributed by atoms with Crippen LogP contribution in [0.15, 0.2) is 16.6 Å². The van der Waals surface area contributed by atoms with E-state index >= 15 is 0 Å². The zero-order chi connectivity index (χ0) is 13.6. The number of hydrogen-bond donors (Lipinski definition) is 1. The number of nitrogens with two attached hydrogens (primary N) is 1. The van der Waals surface area contributed by atoms with Gasteiger partial charge in [0.2, 0.25) is 5.95 Å². The van der Waals surface area contributed by atoms with Crippen LogP contribution in [0.1, 0.15) is 26.2 Å². The Morgan fingerprint density at radius 1 is 1.47 bits per heavy atom. The van der Waals surface area contributed by atoms with Crippen LogP contribution in [0.25, 0.3) is 11.0 Å². The molecule has 1 saturated carbocycles. The van der Waals surface area contributed by atoms with Crippen LogP contribution < -0.4 is 5.73 Å². The molecular formula is C14H17BrFN3. The summed E-state index contributed by atoms with van der Waals surface area (Å²) in [7, 11) is 0. The molecule has 0 aliphatic heterocycles. The third-order valence-electron chi connectivity index (χ3n) is 4.28. The first kappa shape index (κ1) is 12.9. The van der Waals surface area contributed by atoms with Crippen LogP contribution in [-0.2, 0) is 6.54 Å². The van der Waals surface area contributed by atoms with E-state index in [9.17, 15) is 4.39 Å². The van der Waals surface area contributed by atoms with Crippen molar-refractivity contribution in [1.82, 2.24) is 9.55 Å². The minimum atomic E-state index is -0.300. The first-order valence-electron chi connectivity index (χ1n) is 6.67. The van der Waals surface area contributed by atoms with E-state index in [1.165, 1.54) is 25.3 Å². The quantitative estimate of drug-likeness (QED) is 0.908. The third-order valence-corrected chi connectivity index (χ3v) is 4.88. The number of benzene rings is 1. The highest BCUT2D eigenvalue weighted by atomic mass is 79.9. The second-order valence-corrected chi connectivity index (χ2v) is 6.36. The third kappa shape index (κ3) is 2.24. The summed E-state index contributed by atoms with van der Waals surface area (Å²) < 4.78 is 16.0. The Balaban J connectivity index is 2.02. The first-order valence-corrected chi connectivity index (χ1v) is 7.46. The molecule has 2 aromatic rings. The predicted molar refractivity (Wildman–Crippen MR) is 78.3 cm³/mol. The number of imidazole rings is 1. The van der Waals surface area contributed by atoms with Gasteiger partial charge in [-0.25, -0.2) is 9.37 Å². The molecule has 0 bridgehead atoms. The van der Waals surface area contributed by atoms with Crippen LogP contribution in [-0.4, -0.2) is 9.55 Å². The number of hydrogen-bond acceptors (Lipinski definition) is 2. The molecule has 2 atom stereocenters. The summed E-state index contributed by atoms with van der Waals surface area (Å²) in [6.07, 6.45) is 3.81. The number of rotatable bonds is 2. The highest BCUT2D eigenvalue weighted by Gasteiger charge is 2.25. The van der Waals surface area contributed by atoms with Crippen molar-refractivity contribution in [3.63, 3.8) is 0 Å². The lowest BCUT2D eigenvalue weighted by molar-refractivity contribution is 0.370. The Labute approximate surface area is 120 Å². The standard InChI is InChI=1S/C14H17BrFN3/c1-8-3-2-4-9(8)7-19-13-5-10(15)11(16)6-12(13)18-14(19)17/h5-6,8-9H,2-4,7H2,1H3,(H2,17,18). The highest BCUT2D eigenvalue weighted by Crippen LogP contribution is 2.34. The second-order valence-electron chi connectivity index (χ2n) is 5.50. The summed E-state index contributed by atoms with van der Waals surface area (Å²) in [5.74, 6) is 1.54. The topological polar surface area (TPSA) is 43.8 Å². The maximum absolute atomic E-state index is 13.5. The van der Waals surface area contributed by atoms with E-state index in [-0.39, 0.29) is 5.82 Å². The van der Waals surface area contributed by atoms with Gasteiger partial charge in [0.15, 0.2) is 0 Å². The molecule has 1 aliphatic carbocycles. The van der Waals surface area contributed by atoms with Gasteiger partial charge in [0.25, 0.3) is 0 Å². The number of anilines is 1. The van der Waals surface area contributed by atoms with Crippen molar-refractivity contribution in [2.45, 2.75) is 32.7 Å². The van der Waals surface area contributed by atoms with Crippen LogP contribution in [0.3, 0.4) is 0 Å². The summed E-state index contributed by atoms with van der Waals surface area (Å²) in [6.45, 7) is 3.17. The second kappa shape index (κ2) is 4.78.